The lowest BCUT2D eigenvalue weighted by Crippen LogP contribution is -2.41. The van der Waals surface area contributed by atoms with Crippen molar-refractivity contribution in [3.05, 3.63) is 44.7 Å². The topological polar surface area (TPSA) is 58.2 Å². The van der Waals surface area contributed by atoms with Crippen molar-refractivity contribution in [3.63, 3.8) is 0 Å². The van der Waals surface area contributed by atoms with Gasteiger partial charge in [-0.05, 0) is 42.9 Å². The summed E-state index contributed by atoms with van der Waals surface area (Å²) in [5.41, 5.74) is 0.643. The first-order valence-corrected chi connectivity index (χ1v) is 8.47. The molecule has 1 atom stereocenters. The molecule has 0 bridgehead atoms. The fourth-order valence-corrected chi connectivity index (χ4v) is 2.31. The molecule has 0 aliphatic carbocycles. The van der Waals surface area contributed by atoms with Crippen molar-refractivity contribution in [1.82, 2.24) is 0 Å². The second-order valence-electron chi connectivity index (χ2n) is 6.49. The Morgan fingerprint density at radius 3 is 2.05 bits per heavy atom. The lowest BCUT2D eigenvalue weighted by molar-refractivity contribution is 0.359. The second kappa shape index (κ2) is 6.16. The van der Waals surface area contributed by atoms with Crippen molar-refractivity contribution in [2.45, 2.75) is 38.6 Å². The van der Waals surface area contributed by atoms with Crippen LogP contribution in [0.25, 0.3) is 0 Å². The molecule has 0 aromatic heterocycles. The Hall–Kier alpha value is -1.75. The van der Waals surface area contributed by atoms with E-state index in [9.17, 15) is 9.59 Å². The van der Waals surface area contributed by atoms with E-state index in [1.807, 2.05) is 37.4 Å². The van der Waals surface area contributed by atoms with Crippen LogP contribution in [0.2, 0.25) is 0 Å². The molecular weight excluding hydrogens is 296 g/mol. The molecule has 0 saturated carbocycles. The highest BCUT2D eigenvalue weighted by molar-refractivity contribution is 7.98. The van der Waals surface area contributed by atoms with Crippen LogP contribution in [0.15, 0.2) is 38.8 Å². The molecule has 0 saturated heterocycles. The van der Waals surface area contributed by atoms with Crippen molar-refractivity contribution in [1.29, 1.82) is 0 Å². The third kappa shape index (κ3) is 3.35. The average Bonchev–Trinajstić information content (AvgIpc) is 2.49. The molecule has 0 amide bonds. The minimum atomic E-state index is -0.461. The highest BCUT2D eigenvalue weighted by Crippen LogP contribution is 2.27. The Labute approximate surface area is 135 Å². The largest absolute Gasteiger partial charge is 0.377 e. The van der Waals surface area contributed by atoms with E-state index in [0.29, 0.717) is 11.4 Å². The van der Waals surface area contributed by atoms with E-state index < -0.39 is 10.9 Å². The SMILES string of the molecule is CSc1ccc(Nc2c(NC(C)C(C)(C)C)c(=O)c2=O)cc1. The van der Waals surface area contributed by atoms with Gasteiger partial charge in [0.15, 0.2) is 0 Å². The van der Waals surface area contributed by atoms with Gasteiger partial charge in [0, 0.05) is 16.6 Å². The first-order chi connectivity index (χ1) is 10.2. The summed E-state index contributed by atoms with van der Waals surface area (Å²) in [6.45, 7) is 8.27. The molecule has 0 spiro atoms. The first kappa shape index (κ1) is 16.6. The molecule has 1 unspecified atom stereocenters. The number of hydrogen-bond acceptors (Lipinski definition) is 5. The molecule has 22 heavy (non-hydrogen) atoms. The van der Waals surface area contributed by atoms with Gasteiger partial charge in [0.25, 0.3) is 10.9 Å². The van der Waals surface area contributed by atoms with Gasteiger partial charge in [-0.2, -0.15) is 0 Å². The summed E-state index contributed by atoms with van der Waals surface area (Å²) < 4.78 is 0. The van der Waals surface area contributed by atoms with E-state index in [4.69, 9.17) is 0 Å². The highest BCUT2D eigenvalue weighted by atomic mass is 32.2. The highest BCUT2D eigenvalue weighted by Gasteiger charge is 2.26. The average molecular weight is 318 g/mol. The Morgan fingerprint density at radius 1 is 1.00 bits per heavy atom. The minimum Gasteiger partial charge on any atom is -0.377 e. The summed E-state index contributed by atoms with van der Waals surface area (Å²) in [5, 5.41) is 6.23. The van der Waals surface area contributed by atoms with Crippen LogP contribution in [-0.4, -0.2) is 12.3 Å². The molecule has 2 N–H and O–H groups in total. The zero-order valence-electron chi connectivity index (χ0n) is 13.6. The van der Waals surface area contributed by atoms with Crippen LogP contribution in [0, 0.1) is 5.41 Å². The number of thioether (sulfide) groups is 1. The third-order valence-corrected chi connectivity index (χ3v) is 4.67. The maximum atomic E-state index is 11.8. The predicted molar refractivity (Wildman–Crippen MR) is 95.4 cm³/mol. The third-order valence-electron chi connectivity index (χ3n) is 3.93. The van der Waals surface area contributed by atoms with E-state index in [0.717, 1.165) is 10.6 Å². The maximum absolute atomic E-state index is 11.8. The molecule has 0 fully saturated rings. The van der Waals surface area contributed by atoms with Crippen LogP contribution in [-0.2, 0) is 0 Å². The Morgan fingerprint density at radius 2 is 1.55 bits per heavy atom. The van der Waals surface area contributed by atoms with E-state index in [1.165, 1.54) is 0 Å². The molecule has 0 aliphatic heterocycles. The van der Waals surface area contributed by atoms with Crippen LogP contribution < -0.4 is 21.5 Å². The van der Waals surface area contributed by atoms with Gasteiger partial charge in [0.05, 0.1) is 0 Å². The number of nitrogens with one attached hydrogen (secondary N) is 2. The molecule has 0 aliphatic rings. The van der Waals surface area contributed by atoms with Gasteiger partial charge in [-0.25, -0.2) is 0 Å². The predicted octanol–water partition coefficient (Wildman–Crippen LogP) is 3.59. The summed E-state index contributed by atoms with van der Waals surface area (Å²) in [6.07, 6.45) is 2.01. The Kier molecular flexibility index (Phi) is 4.66. The summed E-state index contributed by atoms with van der Waals surface area (Å²) in [4.78, 5) is 24.8. The van der Waals surface area contributed by atoms with Gasteiger partial charge < -0.3 is 10.6 Å². The molecule has 2 aromatic carbocycles. The Balaban J connectivity index is 2.20. The molecule has 0 heterocycles. The molecule has 2 aromatic rings. The van der Waals surface area contributed by atoms with Crippen molar-refractivity contribution in [2.75, 3.05) is 16.9 Å². The van der Waals surface area contributed by atoms with Gasteiger partial charge in [-0.15, -0.1) is 11.8 Å². The van der Waals surface area contributed by atoms with Crippen molar-refractivity contribution in [2.24, 2.45) is 5.41 Å². The molecule has 0 radical (unpaired) electrons. The zero-order valence-corrected chi connectivity index (χ0v) is 14.4. The number of benzene rings is 1. The number of anilines is 3. The van der Waals surface area contributed by atoms with Crippen molar-refractivity contribution < 1.29 is 0 Å². The Bertz CT molecular complexity index is 723. The van der Waals surface area contributed by atoms with Crippen molar-refractivity contribution in [3.8, 4) is 0 Å². The lowest BCUT2D eigenvalue weighted by atomic mass is 9.87. The van der Waals surface area contributed by atoms with Gasteiger partial charge in [0.1, 0.15) is 11.4 Å². The second-order valence-corrected chi connectivity index (χ2v) is 7.37. The molecule has 2 rings (SSSR count). The number of hydrogen-bond donors (Lipinski definition) is 2. The van der Waals surface area contributed by atoms with Gasteiger partial charge in [-0.3, -0.25) is 9.59 Å². The van der Waals surface area contributed by atoms with E-state index in [-0.39, 0.29) is 11.5 Å². The molecule has 118 valence electrons. The van der Waals surface area contributed by atoms with Gasteiger partial charge >= 0.3 is 0 Å². The molecule has 5 heteroatoms. The summed E-state index contributed by atoms with van der Waals surface area (Å²) >= 11 is 1.66. The monoisotopic (exact) mass is 318 g/mol. The quantitative estimate of drug-likeness (QED) is 0.652. The standard InChI is InChI=1S/C17H22N2O2S/c1-10(17(2,3)4)18-13-14(16(21)15(13)20)19-11-6-8-12(22-5)9-7-11/h6-10,18-19H,1-5H3. The summed E-state index contributed by atoms with van der Waals surface area (Å²) in [7, 11) is 0. The lowest BCUT2D eigenvalue weighted by Gasteiger charge is -2.30. The smallest absolute Gasteiger partial charge is 0.253 e. The molecule has 4 nitrogen and oxygen atoms in total. The van der Waals surface area contributed by atoms with Crippen LogP contribution in [0.3, 0.4) is 0 Å². The maximum Gasteiger partial charge on any atom is 0.253 e. The normalized spacial score (nSPS) is 13.1. The first-order valence-electron chi connectivity index (χ1n) is 7.25. The zero-order chi connectivity index (χ0) is 16.5. The van der Waals surface area contributed by atoms with Crippen LogP contribution >= 0.6 is 11.8 Å². The molecular formula is C17H22N2O2S. The fraction of sp³-hybridized carbons (Fsp3) is 0.412. The fourth-order valence-electron chi connectivity index (χ4n) is 1.90. The van der Waals surface area contributed by atoms with Crippen LogP contribution in [0.5, 0.6) is 0 Å². The van der Waals surface area contributed by atoms with Crippen LogP contribution in [0.1, 0.15) is 27.7 Å². The van der Waals surface area contributed by atoms with Gasteiger partial charge in [0.2, 0.25) is 0 Å². The van der Waals surface area contributed by atoms with Gasteiger partial charge in [-0.1, -0.05) is 20.8 Å². The van der Waals surface area contributed by atoms with E-state index in [2.05, 4.69) is 31.4 Å². The number of rotatable bonds is 5. The van der Waals surface area contributed by atoms with E-state index >= 15 is 0 Å². The minimum absolute atomic E-state index is 0.00295. The summed E-state index contributed by atoms with van der Waals surface area (Å²) in [5.74, 6) is 0. The van der Waals surface area contributed by atoms with Crippen LogP contribution in [0.4, 0.5) is 17.1 Å². The van der Waals surface area contributed by atoms with E-state index in [1.54, 1.807) is 11.8 Å². The van der Waals surface area contributed by atoms with Crippen molar-refractivity contribution >= 4 is 28.8 Å². The summed E-state index contributed by atoms with van der Waals surface area (Å²) in [6, 6.07) is 7.84.